The molecule has 16 heavy (non-hydrogen) atoms. The Kier molecular flexibility index (Phi) is 3.78. The third-order valence-corrected chi connectivity index (χ3v) is 3.65. The van der Waals surface area contributed by atoms with Crippen LogP contribution in [-0.4, -0.2) is 41.2 Å². The standard InChI is InChI=1S/C11H13BrN2OS/c12-8-1-2-10(15)9(7-8)11(16)14-5-3-13-4-6-14/h1-2,7,13,15H,3-6H2/p+1. The number of phenols is 1. The summed E-state index contributed by atoms with van der Waals surface area (Å²) in [6, 6.07) is 5.35. The van der Waals surface area contributed by atoms with E-state index in [0.717, 1.165) is 41.2 Å². The Morgan fingerprint density at radius 1 is 1.38 bits per heavy atom. The van der Waals surface area contributed by atoms with E-state index in [0.29, 0.717) is 0 Å². The molecule has 1 fully saturated rings. The first-order valence-electron chi connectivity index (χ1n) is 5.28. The third-order valence-electron chi connectivity index (χ3n) is 2.68. The number of rotatable bonds is 1. The number of piperazine rings is 1. The molecule has 1 aliphatic heterocycles. The molecule has 1 aromatic carbocycles. The van der Waals surface area contributed by atoms with Crippen molar-refractivity contribution in [1.29, 1.82) is 0 Å². The maximum atomic E-state index is 9.79. The van der Waals surface area contributed by atoms with Crippen molar-refractivity contribution in [1.82, 2.24) is 4.90 Å². The molecule has 0 amide bonds. The zero-order chi connectivity index (χ0) is 11.5. The van der Waals surface area contributed by atoms with Gasteiger partial charge < -0.3 is 15.3 Å². The molecule has 0 atom stereocenters. The van der Waals surface area contributed by atoms with E-state index >= 15 is 0 Å². The van der Waals surface area contributed by atoms with Gasteiger partial charge in [-0.2, -0.15) is 0 Å². The summed E-state index contributed by atoms with van der Waals surface area (Å²) in [5.41, 5.74) is 0.742. The highest BCUT2D eigenvalue weighted by atomic mass is 79.9. The minimum atomic E-state index is 0.253. The first-order valence-corrected chi connectivity index (χ1v) is 6.48. The molecular weight excluding hydrogens is 288 g/mol. The number of aromatic hydroxyl groups is 1. The van der Waals surface area contributed by atoms with Crippen molar-refractivity contribution >= 4 is 33.1 Å². The summed E-state index contributed by atoms with van der Waals surface area (Å²) in [4.78, 5) is 2.89. The second kappa shape index (κ2) is 5.12. The molecule has 1 aliphatic rings. The van der Waals surface area contributed by atoms with Gasteiger partial charge in [-0.05, 0) is 18.2 Å². The number of benzene rings is 1. The van der Waals surface area contributed by atoms with Crippen LogP contribution in [0.3, 0.4) is 0 Å². The monoisotopic (exact) mass is 301 g/mol. The molecule has 0 aromatic heterocycles. The molecule has 3 N–H and O–H groups in total. The van der Waals surface area contributed by atoms with Gasteiger partial charge in [0.15, 0.2) is 0 Å². The lowest BCUT2D eigenvalue weighted by Crippen LogP contribution is -2.89. The molecule has 0 radical (unpaired) electrons. The summed E-state index contributed by atoms with van der Waals surface area (Å²) in [7, 11) is 0. The second-order valence-corrected chi connectivity index (χ2v) is 5.12. The first kappa shape index (κ1) is 11.8. The van der Waals surface area contributed by atoms with Gasteiger partial charge in [-0.1, -0.05) is 28.1 Å². The van der Waals surface area contributed by atoms with Crippen LogP contribution >= 0.6 is 28.1 Å². The SMILES string of the molecule is Oc1ccc(Br)cc1C(=S)N1CC[NH2+]CC1. The van der Waals surface area contributed by atoms with Crippen LogP contribution in [0, 0.1) is 0 Å². The van der Waals surface area contributed by atoms with Gasteiger partial charge in [-0.15, -0.1) is 0 Å². The van der Waals surface area contributed by atoms with E-state index in [-0.39, 0.29) is 5.75 Å². The van der Waals surface area contributed by atoms with Crippen molar-refractivity contribution in [3.63, 3.8) is 0 Å². The van der Waals surface area contributed by atoms with E-state index in [9.17, 15) is 5.11 Å². The molecule has 1 heterocycles. The summed E-state index contributed by atoms with van der Waals surface area (Å²) in [6.45, 7) is 4.03. The lowest BCUT2D eigenvalue weighted by atomic mass is 10.2. The molecule has 0 bridgehead atoms. The summed E-state index contributed by atoms with van der Waals surface area (Å²) < 4.78 is 0.936. The van der Waals surface area contributed by atoms with Gasteiger partial charge >= 0.3 is 0 Å². The van der Waals surface area contributed by atoms with E-state index in [1.54, 1.807) is 6.07 Å². The van der Waals surface area contributed by atoms with Gasteiger partial charge in [0.05, 0.1) is 31.7 Å². The Bertz CT molecular complexity index is 405. The van der Waals surface area contributed by atoms with Gasteiger partial charge in [-0.3, -0.25) is 0 Å². The van der Waals surface area contributed by atoms with Gasteiger partial charge in [0.2, 0.25) is 0 Å². The molecule has 1 aromatic rings. The fourth-order valence-corrected chi connectivity index (χ4v) is 2.51. The van der Waals surface area contributed by atoms with Gasteiger partial charge in [0.1, 0.15) is 10.7 Å². The fourth-order valence-electron chi connectivity index (χ4n) is 1.80. The van der Waals surface area contributed by atoms with Crippen molar-refractivity contribution in [2.45, 2.75) is 0 Å². The predicted molar refractivity (Wildman–Crippen MR) is 70.7 cm³/mol. The first-order chi connectivity index (χ1) is 7.68. The molecule has 2 rings (SSSR count). The minimum absolute atomic E-state index is 0.253. The van der Waals surface area contributed by atoms with Crippen molar-refractivity contribution in [3.05, 3.63) is 28.2 Å². The largest absolute Gasteiger partial charge is 0.507 e. The number of thiocarbonyl (C=S) groups is 1. The number of phenolic OH excluding ortho intramolecular Hbond substituents is 1. The molecule has 0 unspecified atom stereocenters. The average molecular weight is 302 g/mol. The number of nitrogens with zero attached hydrogens (tertiary/aromatic N) is 1. The van der Waals surface area contributed by atoms with E-state index in [2.05, 4.69) is 26.1 Å². The minimum Gasteiger partial charge on any atom is -0.507 e. The smallest absolute Gasteiger partial charge is 0.125 e. The Morgan fingerprint density at radius 3 is 2.75 bits per heavy atom. The number of hydrogen-bond acceptors (Lipinski definition) is 2. The zero-order valence-electron chi connectivity index (χ0n) is 8.82. The van der Waals surface area contributed by atoms with Crippen LogP contribution in [0.2, 0.25) is 0 Å². The number of quaternary nitrogens is 1. The highest BCUT2D eigenvalue weighted by Crippen LogP contribution is 2.23. The Balaban J connectivity index is 2.22. The van der Waals surface area contributed by atoms with Crippen LogP contribution in [0.1, 0.15) is 5.56 Å². The maximum Gasteiger partial charge on any atom is 0.125 e. The second-order valence-electron chi connectivity index (χ2n) is 3.82. The molecule has 86 valence electrons. The maximum absolute atomic E-state index is 9.79. The van der Waals surface area contributed by atoms with Gasteiger partial charge in [-0.25, -0.2) is 0 Å². The summed E-state index contributed by atoms with van der Waals surface area (Å²) >= 11 is 8.81. The number of hydrogen-bond donors (Lipinski definition) is 2. The predicted octanol–water partition coefficient (Wildman–Crippen LogP) is 0.709. The topological polar surface area (TPSA) is 40.1 Å². The van der Waals surface area contributed by atoms with Crippen molar-refractivity contribution in [2.75, 3.05) is 26.2 Å². The quantitative estimate of drug-likeness (QED) is 0.751. The van der Waals surface area contributed by atoms with E-state index in [1.807, 2.05) is 12.1 Å². The van der Waals surface area contributed by atoms with Gasteiger partial charge in [0.25, 0.3) is 0 Å². The van der Waals surface area contributed by atoms with Crippen molar-refractivity contribution < 1.29 is 10.4 Å². The Morgan fingerprint density at radius 2 is 2.06 bits per heavy atom. The molecule has 1 saturated heterocycles. The molecule has 3 nitrogen and oxygen atoms in total. The van der Waals surface area contributed by atoms with Crippen LogP contribution in [0.4, 0.5) is 0 Å². The van der Waals surface area contributed by atoms with Crippen molar-refractivity contribution in [2.24, 2.45) is 0 Å². The summed E-state index contributed by atoms with van der Waals surface area (Å²) in [5, 5.41) is 12.1. The van der Waals surface area contributed by atoms with Crippen LogP contribution in [0.25, 0.3) is 0 Å². The number of halogens is 1. The van der Waals surface area contributed by atoms with E-state index in [4.69, 9.17) is 12.2 Å². The molecule has 5 heteroatoms. The fraction of sp³-hybridized carbons (Fsp3) is 0.364. The van der Waals surface area contributed by atoms with Crippen LogP contribution in [0.5, 0.6) is 5.75 Å². The number of nitrogens with two attached hydrogens (primary N) is 1. The lowest BCUT2D eigenvalue weighted by Gasteiger charge is -2.28. The molecule has 0 saturated carbocycles. The van der Waals surface area contributed by atoms with Crippen molar-refractivity contribution in [3.8, 4) is 5.75 Å². The van der Waals surface area contributed by atoms with Crippen LogP contribution in [-0.2, 0) is 0 Å². The van der Waals surface area contributed by atoms with Gasteiger partial charge in [0, 0.05) is 4.47 Å². The van der Waals surface area contributed by atoms with E-state index < -0.39 is 0 Å². The third kappa shape index (κ3) is 2.53. The van der Waals surface area contributed by atoms with Crippen LogP contribution in [0.15, 0.2) is 22.7 Å². The Hall–Kier alpha value is -0.650. The molecule has 0 aliphatic carbocycles. The zero-order valence-corrected chi connectivity index (χ0v) is 11.2. The van der Waals surface area contributed by atoms with E-state index in [1.165, 1.54) is 0 Å². The molecule has 0 spiro atoms. The highest BCUT2D eigenvalue weighted by molar-refractivity contribution is 9.10. The summed E-state index contributed by atoms with van der Waals surface area (Å²) in [5.74, 6) is 0.253. The lowest BCUT2D eigenvalue weighted by molar-refractivity contribution is -0.661. The summed E-state index contributed by atoms with van der Waals surface area (Å²) in [6.07, 6.45) is 0. The highest BCUT2D eigenvalue weighted by Gasteiger charge is 2.18. The van der Waals surface area contributed by atoms with Crippen LogP contribution < -0.4 is 5.32 Å². The normalized spacial score (nSPS) is 16.2. The molecular formula is C11H14BrN2OS+. The Labute approximate surface area is 109 Å². The average Bonchev–Trinajstić information content (AvgIpc) is 2.32.